The lowest BCUT2D eigenvalue weighted by atomic mass is 10.1. The molecule has 2 rings (SSSR count). The first kappa shape index (κ1) is 13.2. The number of carboxylic acid groups (broad SMARTS) is 1. The van der Waals surface area contributed by atoms with E-state index in [0.29, 0.717) is 12.3 Å². The van der Waals surface area contributed by atoms with E-state index in [1.807, 2.05) is 0 Å². The van der Waals surface area contributed by atoms with Crippen LogP contribution in [0.2, 0.25) is 0 Å². The molecule has 0 unspecified atom stereocenters. The minimum absolute atomic E-state index is 0.0564. The molecule has 0 aromatic rings. The Balaban J connectivity index is 2.12. The predicted octanol–water partition coefficient (Wildman–Crippen LogP) is 2.25. The van der Waals surface area contributed by atoms with Crippen molar-refractivity contribution in [1.29, 1.82) is 0 Å². The van der Waals surface area contributed by atoms with Crippen LogP contribution in [0.5, 0.6) is 0 Å². The molecule has 18 heavy (non-hydrogen) atoms. The van der Waals surface area contributed by atoms with E-state index in [9.17, 15) is 14.7 Å². The maximum Gasteiger partial charge on any atom is 0.411 e. The van der Waals surface area contributed by atoms with Crippen LogP contribution in [0.15, 0.2) is 0 Å². The van der Waals surface area contributed by atoms with Crippen molar-refractivity contribution in [3.05, 3.63) is 0 Å². The normalized spacial score (nSPS) is 28.3. The molecule has 5 heteroatoms. The van der Waals surface area contributed by atoms with Crippen LogP contribution >= 0.6 is 0 Å². The van der Waals surface area contributed by atoms with Crippen molar-refractivity contribution in [2.45, 2.75) is 64.1 Å². The molecule has 1 aliphatic heterocycles. The smallest absolute Gasteiger partial charge is 0.411 e. The number of rotatable bonds is 2. The fraction of sp³-hybridized carbons (Fsp3) is 0.846. The zero-order valence-electron chi connectivity index (χ0n) is 11.2. The Morgan fingerprint density at radius 1 is 1.17 bits per heavy atom. The number of carbonyl (C=O) groups excluding carboxylic acids is 1. The zero-order valence-corrected chi connectivity index (χ0v) is 11.2. The molecule has 1 N–H and O–H groups in total. The third kappa shape index (κ3) is 2.76. The SMILES string of the molecule is CC(C)(C)OC(=O)N1[C@@H](C(=O)O)CC[C@H]1C1CC1. The summed E-state index contributed by atoms with van der Waals surface area (Å²) in [5.41, 5.74) is -0.586. The fourth-order valence-corrected chi connectivity index (χ4v) is 2.60. The van der Waals surface area contributed by atoms with Gasteiger partial charge in [0.25, 0.3) is 0 Å². The van der Waals surface area contributed by atoms with Gasteiger partial charge in [-0.25, -0.2) is 9.59 Å². The molecule has 102 valence electrons. The summed E-state index contributed by atoms with van der Waals surface area (Å²) < 4.78 is 5.33. The summed E-state index contributed by atoms with van der Waals surface area (Å²) in [5, 5.41) is 9.20. The first-order chi connectivity index (χ1) is 8.29. The Hall–Kier alpha value is -1.26. The summed E-state index contributed by atoms with van der Waals surface area (Å²) in [4.78, 5) is 24.8. The van der Waals surface area contributed by atoms with E-state index in [1.165, 1.54) is 4.90 Å². The van der Waals surface area contributed by atoms with Crippen LogP contribution < -0.4 is 0 Å². The van der Waals surface area contributed by atoms with Crippen molar-refractivity contribution in [2.75, 3.05) is 0 Å². The first-order valence-corrected chi connectivity index (χ1v) is 6.54. The lowest BCUT2D eigenvalue weighted by molar-refractivity contribution is -0.142. The fourth-order valence-electron chi connectivity index (χ4n) is 2.60. The summed E-state index contributed by atoms with van der Waals surface area (Å²) in [6, 6.07) is -0.661. The quantitative estimate of drug-likeness (QED) is 0.821. The number of likely N-dealkylation sites (tertiary alicyclic amines) is 1. The second kappa shape index (κ2) is 4.44. The van der Waals surface area contributed by atoms with Crippen LogP contribution in [0, 0.1) is 5.92 Å². The van der Waals surface area contributed by atoms with E-state index in [0.717, 1.165) is 19.3 Å². The van der Waals surface area contributed by atoms with Gasteiger partial charge < -0.3 is 9.84 Å². The molecule has 1 saturated carbocycles. The Morgan fingerprint density at radius 3 is 2.22 bits per heavy atom. The molecule has 1 heterocycles. The maximum atomic E-state index is 12.2. The van der Waals surface area contributed by atoms with Gasteiger partial charge in [0.05, 0.1) is 0 Å². The van der Waals surface area contributed by atoms with Crippen LogP contribution in [-0.2, 0) is 9.53 Å². The van der Waals surface area contributed by atoms with Gasteiger partial charge in [-0.05, 0) is 52.4 Å². The lowest BCUT2D eigenvalue weighted by Gasteiger charge is -2.31. The molecule has 2 aliphatic rings. The minimum atomic E-state index is -0.927. The van der Waals surface area contributed by atoms with Crippen molar-refractivity contribution >= 4 is 12.1 Å². The number of nitrogens with zero attached hydrogens (tertiary/aromatic N) is 1. The number of ether oxygens (including phenoxy) is 1. The van der Waals surface area contributed by atoms with Gasteiger partial charge in [-0.15, -0.1) is 0 Å². The van der Waals surface area contributed by atoms with Crippen molar-refractivity contribution in [1.82, 2.24) is 4.90 Å². The molecule has 2 fully saturated rings. The predicted molar refractivity (Wildman–Crippen MR) is 65.2 cm³/mol. The summed E-state index contributed by atoms with van der Waals surface area (Å²) >= 11 is 0. The second-order valence-electron chi connectivity index (χ2n) is 6.22. The number of hydrogen-bond acceptors (Lipinski definition) is 3. The molecule has 0 bridgehead atoms. The molecule has 2 atom stereocenters. The molecule has 1 aliphatic carbocycles. The Bertz CT molecular complexity index is 356. The molecule has 1 amide bonds. The first-order valence-electron chi connectivity index (χ1n) is 6.54. The van der Waals surface area contributed by atoms with Crippen molar-refractivity contribution < 1.29 is 19.4 Å². The highest BCUT2D eigenvalue weighted by molar-refractivity contribution is 5.81. The maximum absolute atomic E-state index is 12.2. The van der Waals surface area contributed by atoms with E-state index in [2.05, 4.69) is 0 Å². The monoisotopic (exact) mass is 255 g/mol. The van der Waals surface area contributed by atoms with Gasteiger partial charge >= 0.3 is 12.1 Å². The molecular weight excluding hydrogens is 234 g/mol. The molecular formula is C13H21NO4. The number of carbonyl (C=O) groups is 2. The molecule has 5 nitrogen and oxygen atoms in total. The number of hydrogen-bond donors (Lipinski definition) is 1. The van der Waals surface area contributed by atoms with Crippen LogP contribution in [0.1, 0.15) is 46.5 Å². The highest BCUT2D eigenvalue weighted by Crippen LogP contribution is 2.42. The third-order valence-corrected chi connectivity index (χ3v) is 3.48. The van der Waals surface area contributed by atoms with Gasteiger partial charge in [0.1, 0.15) is 11.6 Å². The number of amides is 1. The second-order valence-corrected chi connectivity index (χ2v) is 6.22. The van der Waals surface area contributed by atoms with E-state index in [-0.39, 0.29) is 6.04 Å². The Labute approximate surface area is 107 Å². The van der Waals surface area contributed by atoms with Crippen LogP contribution in [0.3, 0.4) is 0 Å². The topological polar surface area (TPSA) is 66.8 Å². The van der Waals surface area contributed by atoms with Gasteiger partial charge in [0.15, 0.2) is 0 Å². The average molecular weight is 255 g/mol. The highest BCUT2D eigenvalue weighted by atomic mass is 16.6. The molecule has 0 aromatic carbocycles. The van der Waals surface area contributed by atoms with Gasteiger partial charge in [-0.1, -0.05) is 0 Å². The molecule has 0 spiro atoms. The van der Waals surface area contributed by atoms with E-state index >= 15 is 0 Å². The number of carboxylic acids is 1. The summed E-state index contributed by atoms with van der Waals surface area (Å²) in [5.74, 6) is -0.453. The van der Waals surface area contributed by atoms with Crippen molar-refractivity contribution in [3.8, 4) is 0 Å². The van der Waals surface area contributed by atoms with Crippen LogP contribution in [0.25, 0.3) is 0 Å². The lowest BCUT2D eigenvalue weighted by Crippen LogP contribution is -2.47. The summed E-state index contributed by atoms with van der Waals surface area (Å²) in [7, 11) is 0. The zero-order chi connectivity index (χ0) is 13.5. The van der Waals surface area contributed by atoms with Gasteiger partial charge in [0, 0.05) is 6.04 Å². The Kier molecular flexibility index (Phi) is 3.25. The van der Waals surface area contributed by atoms with E-state index in [1.54, 1.807) is 20.8 Å². The third-order valence-electron chi connectivity index (χ3n) is 3.48. The van der Waals surface area contributed by atoms with E-state index in [4.69, 9.17) is 4.74 Å². The van der Waals surface area contributed by atoms with Gasteiger partial charge in [-0.3, -0.25) is 4.90 Å². The largest absolute Gasteiger partial charge is 0.480 e. The average Bonchev–Trinajstić information content (AvgIpc) is 2.93. The Morgan fingerprint density at radius 2 is 1.78 bits per heavy atom. The van der Waals surface area contributed by atoms with Crippen LogP contribution in [0.4, 0.5) is 4.79 Å². The standard InChI is InChI=1S/C13H21NO4/c1-13(2,3)18-12(17)14-9(8-4-5-8)6-7-10(14)11(15)16/h8-10H,4-7H2,1-3H3,(H,15,16)/t9-,10+/m0/s1. The summed E-state index contributed by atoms with van der Waals surface area (Å²) in [6.07, 6.45) is 3.02. The van der Waals surface area contributed by atoms with Gasteiger partial charge in [-0.2, -0.15) is 0 Å². The summed E-state index contributed by atoms with van der Waals surface area (Å²) in [6.45, 7) is 5.38. The van der Waals surface area contributed by atoms with Crippen LogP contribution in [-0.4, -0.2) is 39.8 Å². The molecule has 1 saturated heterocycles. The van der Waals surface area contributed by atoms with Crippen molar-refractivity contribution in [2.24, 2.45) is 5.92 Å². The van der Waals surface area contributed by atoms with Crippen molar-refractivity contribution in [3.63, 3.8) is 0 Å². The number of aliphatic carboxylic acids is 1. The van der Waals surface area contributed by atoms with Gasteiger partial charge in [0.2, 0.25) is 0 Å². The van der Waals surface area contributed by atoms with E-state index < -0.39 is 23.7 Å². The highest BCUT2D eigenvalue weighted by Gasteiger charge is 2.48. The minimum Gasteiger partial charge on any atom is -0.480 e. The molecule has 0 radical (unpaired) electrons. The molecule has 0 aromatic heterocycles.